The highest BCUT2D eigenvalue weighted by Gasteiger charge is 2.45. The second-order valence-electron chi connectivity index (χ2n) is 6.93. The molecule has 0 spiro atoms. The maximum Gasteiger partial charge on any atom is 0.306 e. The highest BCUT2D eigenvalue weighted by atomic mass is 16.5. The van der Waals surface area contributed by atoms with Crippen LogP contribution in [0.15, 0.2) is 24.3 Å². The van der Waals surface area contributed by atoms with Gasteiger partial charge in [0.15, 0.2) is 0 Å². The van der Waals surface area contributed by atoms with Gasteiger partial charge in [0.05, 0.1) is 18.4 Å². The van der Waals surface area contributed by atoms with E-state index < -0.39 is 11.4 Å². The van der Waals surface area contributed by atoms with Gasteiger partial charge in [-0.05, 0) is 43.4 Å². The second-order valence-corrected chi connectivity index (χ2v) is 6.93. The summed E-state index contributed by atoms with van der Waals surface area (Å²) < 4.78 is 5.33. The molecule has 1 aromatic rings. The maximum absolute atomic E-state index is 13.3. The van der Waals surface area contributed by atoms with Crippen LogP contribution >= 0.6 is 0 Å². The number of hydrogen-bond acceptors (Lipinski definition) is 3. The fraction of sp³-hybridized carbons (Fsp3) is 0.579. The van der Waals surface area contributed by atoms with Gasteiger partial charge < -0.3 is 14.7 Å². The van der Waals surface area contributed by atoms with Crippen LogP contribution in [-0.4, -0.2) is 42.1 Å². The number of rotatable bonds is 4. The van der Waals surface area contributed by atoms with Crippen LogP contribution in [0.5, 0.6) is 5.75 Å². The lowest BCUT2D eigenvalue weighted by molar-refractivity contribution is -0.147. The zero-order valence-electron chi connectivity index (χ0n) is 14.2. The standard InChI is InChI=1S/C19H25NO4/c1-24-16-6-4-5-15(13-16)19(9-2-3-10-19)18(23)20-11-7-14(8-12-20)17(21)22/h4-6,13-14H,2-3,7-12H2,1H3,(H,21,22). The molecule has 1 amide bonds. The minimum atomic E-state index is -0.745. The molecule has 5 nitrogen and oxygen atoms in total. The molecule has 0 unspecified atom stereocenters. The van der Waals surface area contributed by atoms with Crippen molar-refractivity contribution in [1.29, 1.82) is 0 Å². The largest absolute Gasteiger partial charge is 0.497 e. The summed E-state index contributed by atoms with van der Waals surface area (Å²) in [5.74, 6) is -0.121. The van der Waals surface area contributed by atoms with Crippen LogP contribution in [0.3, 0.4) is 0 Å². The van der Waals surface area contributed by atoms with Gasteiger partial charge in [-0.2, -0.15) is 0 Å². The molecule has 1 aromatic carbocycles. The molecule has 0 radical (unpaired) electrons. The molecule has 0 bridgehead atoms. The average Bonchev–Trinajstić information content (AvgIpc) is 3.12. The molecule has 130 valence electrons. The van der Waals surface area contributed by atoms with E-state index in [9.17, 15) is 9.59 Å². The van der Waals surface area contributed by atoms with E-state index in [-0.39, 0.29) is 11.8 Å². The maximum atomic E-state index is 13.3. The van der Waals surface area contributed by atoms with Crippen LogP contribution in [0.4, 0.5) is 0 Å². The number of likely N-dealkylation sites (tertiary alicyclic amines) is 1. The van der Waals surface area contributed by atoms with E-state index in [1.807, 2.05) is 29.2 Å². The number of carbonyl (C=O) groups is 2. The van der Waals surface area contributed by atoms with Gasteiger partial charge in [0.1, 0.15) is 5.75 Å². The van der Waals surface area contributed by atoms with Gasteiger partial charge in [-0.3, -0.25) is 9.59 Å². The fourth-order valence-electron chi connectivity index (χ4n) is 4.16. The SMILES string of the molecule is COc1cccc(C2(C(=O)N3CCC(C(=O)O)CC3)CCCC2)c1. The van der Waals surface area contributed by atoms with E-state index in [0.717, 1.165) is 37.0 Å². The first-order valence-electron chi connectivity index (χ1n) is 8.73. The Balaban J connectivity index is 1.83. The van der Waals surface area contributed by atoms with Gasteiger partial charge in [-0.25, -0.2) is 0 Å². The van der Waals surface area contributed by atoms with E-state index in [4.69, 9.17) is 9.84 Å². The fourth-order valence-corrected chi connectivity index (χ4v) is 4.16. The number of carboxylic acid groups (broad SMARTS) is 1. The zero-order chi connectivity index (χ0) is 17.2. The van der Waals surface area contributed by atoms with Gasteiger partial charge >= 0.3 is 5.97 Å². The number of carbonyl (C=O) groups excluding carboxylic acids is 1. The summed E-state index contributed by atoms with van der Waals surface area (Å²) in [4.78, 5) is 26.3. The predicted molar refractivity (Wildman–Crippen MR) is 90.1 cm³/mol. The van der Waals surface area contributed by atoms with Crippen LogP contribution < -0.4 is 4.74 Å². The lowest BCUT2D eigenvalue weighted by Crippen LogP contribution is -2.49. The van der Waals surface area contributed by atoms with Gasteiger partial charge in [-0.1, -0.05) is 25.0 Å². The topological polar surface area (TPSA) is 66.8 Å². The Hall–Kier alpha value is -2.04. The molecule has 1 aliphatic heterocycles. The Morgan fingerprint density at radius 1 is 1.21 bits per heavy atom. The van der Waals surface area contributed by atoms with Crippen LogP contribution in [0, 0.1) is 5.92 Å². The van der Waals surface area contributed by atoms with E-state index in [0.29, 0.717) is 25.9 Å². The van der Waals surface area contributed by atoms with Gasteiger partial charge in [0, 0.05) is 13.1 Å². The van der Waals surface area contributed by atoms with Crippen LogP contribution in [0.25, 0.3) is 0 Å². The first kappa shape index (κ1) is 16.8. The molecule has 24 heavy (non-hydrogen) atoms. The molecule has 2 fully saturated rings. The van der Waals surface area contributed by atoms with Crippen molar-refractivity contribution in [3.63, 3.8) is 0 Å². The van der Waals surface area contributed by atoms with Crippen LogP contribution in [0.1, 0.15) is 44.1 Å². The normalized spacial score (nSPS) is 20.8. The number of ether oxygens (including phenoxy) is 1. The first-order chi connectivity index (χ1) is 11.6. The Bertz CT molecular complexity index is 614. The third-order valence-corrected chi connectivity index (χ3v) is 5.62. The Kier molecular flexibility index (Phi) is 4.78. The monoisotopic (exact) mass is 331 g/mol. The van der Waals surface area contributed by atoms with E-state index >= 15 is 0 Å². The molecule has 3 rings (SSSR count). The van der Waals surface area contributed by atoms with Crippen molar-refractivity contribution >= 4 is 11.9 Å². The molecule has 1 saturated carbocycles. The summed E-state index contributed by atoms with van der Waals surface area (Å²) in [5.41, 5.74) is 0.564. The molecule has 1 N–H and O–H groups in total. The average molecular weight is 331 g/mol. The van der Waals surface area contributed by atoms with Gasteiger partial charge in [0.25, 0.3) is 0 Å². The number of benzene rings is 1. The van der Waals surface area contributed by atoms with Crippen molar-refractivity contribution in [2.45, 2.75) is 43.9 Å². The molecule has 1 heterocycles. The van der Waals surface area contributed by atoms with E-state index in [1.165, 1.54) is 0 Å². The molecular formula is C19H25NO4. The van der Waals surface area contributed by atoms with Crippen LogP contribution in [-0.2, 0) is 15.0 Å². The van der Waals surface area contributed by atoms with Crippen LogP contribution in [0.2, 0.25) is 0 Å². The molecule has 1 saturated heterocycles. The Labute approximate surface area is 142 Å². The number of amides is 1. The molecular weight excluding hydrogens is 306 g/mol. The quantitative estimate of drug-likeness (QED) is 0.921. The van der Waals surface area contributed by atoms with E-state index in [2.05, 4.69) is 0 Å². The lowest BCUT2D eigenvalue weighted by Gasteiger charge is -2.38. The number of hydrogen-bond donors (Lipinski definition) is 1. The smallest absolute Gasteiger partial charge is 0.306 e. The number of methoxy groups -OCH3 is 1. The van der Waals surface area contributed by atoms with Crippen molar-refractivity contribution in [3.8, 4) is 5.75 Å². The van der Waals surface area contributed by atoms with E-state index in [1.54, 1.807) is 7.11 Å². The highest BCUT2D eigenvalue weighted by Crippen LogP contribution is 2.44. The molecule has 0 atom stereocenters. The minimum Gasteiger partial charge on any atom is -0.497 e. The molecule has 0 aromatic heterocycles. The Morgan fingerprint density at radius 2 is 1.88 bits per heavy atom. The summed E-state index contributed by atoms with van der Waals surface area (Å²) in [6, 6.07) is 7.84. The third kappa shape index (κ3) is 2.99. The highest BCUT2D eigenvalue weighted by molar-refractivity contribution is 5.89. The zero-order valence-corrected chi connectivity index (χ0v) is 14.2. The number of aliphatic carboxylic acids is 1. The predicted octanol–water partition coefficient (Wildman–Crippen LogP) is 2.83. The van der Waals surface area contributed by atoms with Crippen molar-refractivity contribution in [2.75, 3.05) is 20.2 Å². The summed E-state index contributed by atoms with van der Waals surface area (Å²) in [5, 5.41) is 9.14. The lowest BCUT2D eigenvalue weighted by atomic mass is 9.77. The number of carboxylic acids is 1. The summed E-state index contributed by atoms with van der Waals surface area (Å²) >= 11 is 0. The summed E-state index contributed by atoms with van der Waals surface area (Å²) in [6.45, 7) is 1.09. The first-order valence-corrected chi connectivity index (χ1v) is 8.73. The van der Waals surface area contributed by atoms with Crippen molar-refractivity contribution in [3.05, 3.63) is 29.8 Å². The third-order valence-electron chi connectivity index (χ3n) is 5.62. The Morgan fingerprint density at radius 3 is 2.46 bits per heavy atom. The molecule has 5 heteroatoms. The second kappa shape index (κ2) is 6.83. The van der Waals surface area contributed by atoms with Crippen molar-refractivity contribution in [2.24, 2.45) is 5.92 Å². The number of nitrogens with zero attached hydrogens (tertiary/aromatic N) is 1. The van der Waals surface area contributed by atoms with Gasteiger partial charge in [0.2, 0.25) is 5.91 Å². The minimum absolute atomic E-state index is 0.164. The van der Waals surface area contributed by atoms with Gasteiger partial charge in [-0.15, -0.1) is 0 Å². The number of piperidine rings is 1. The van der Waals surface area contributed by atoms with Crippen molar-refractivity contribution < 1.29 is 19.4 Å². The summed E-state index contributed by atoms with van der Waals surface area (Å²) in [7, 11) is 1.64. The molecule has 1 aliphatic carbocycles. The summed E-state index contributed by atoms with van der Waals surface area (Å²) in [6.07, 6.45) is 4.92. The molecule has 2 aliphatic rings. The van der Waals surface area contributed by atoms with Crippen molar-refractivity contribution in [1.82, 2.24) is 4.90 Å².